The normalized spacial score (nSPS) is 9.56. The molecule has 0 spiro atoms. The molecule has 0 atom stereocenters. The van der Waals surface area contributed by atoms with Crippen LogP contribution in [-0.2, 0) is 0 Å². The van der Waals surface area contributed by atoms with Crippen molar-refractivity contribution in [3.63, 3.8) is 0 Å². The summed E-state index contributed by atoms with van der Waals surface area (Å²) in [6.45, 7) is 0. The van der Waals surface area contributed by atoms with E-state index >= 15 is 0 Å². The molecule has 0 aliphatic carbocycles. The maximum absolute atomic E-state index is 5.44. The van der Waals surface area contributed by atoms with E-state index in [1.54, 1.807) is 0 Å². The molecule has 0 saturated carbocycles. The van der Waals surface area contributed by atoms with Crippen molar-refractivity contribution in [1.82, 2.24) is 10.2 Å². The van der Waals surface area contributed by atoms with Crippen LogP contribution < -0.4 is 5.73 Å². The van der Waals surface area contributed by atoms with Crippen molar-refractivity contribution in [2.45, 2.75) is 0 Å². The van der Waals surface area contributed by atoms with E-state index in [4.69, 9.17) is 17.3 Å². The van der Waals surface area contributed by atoms with Gasteiger partial charge in [-0.25, -0.2) is 0 Å². The molecule has 0 aliphatic rings. The van der Waals surface area contributed by atoms with E-state index in [0.29, 0.717) is 15.4 Å². The van der Waals surface area contributed by atoms with Crippen molar-refractivity contribution in [2.24, 2.45) is 0 Å². The number of hydrogen-bond acceptors (Lipinski definition) is 3. The minimum absolute atomic E-state index is 0.302. The zero-order chi connectivity index (χ0) is 6.85. The molecule has 1 heterocycles. The molecule has 1 aromatic heterocycles. The number of nitrogens with two attached hydrogens (primary N) is 1. The quantitative estimate of drug-likeness (QED) is 0.702. The van der Waals surface area contributed by atoms with Crippen LogP contribution in [0.1, 0.15) is 0 Å². The lowest BCUT2D eigenvalue weighted by molar-refractivity contribution is 1.01. The average molecular weight is 208 g/mol. The highest BCUT2D eigenvalue weighted by molar-refractivity contribution is 9.10. The van der Waals surface area contributed by atoms with E-state index in [1.807, 2.05) is 0 Å². The summed E-state index contributed by atoms with van der Waals surface area (Å²) in [7, 11) is 0. The molecule has 0 aromatic carbocycles. The number of halogens is 2. The van der Waals surface area contributed by atoms with Gasteiger partial charge in [0.2, 0.25) is 0 Å². The van der Waals surface area contributed by atoms with Gasteiger partial charge in [0, 0.05) is 6.07 Å². The number of hydrogen-bond donors (Lipinski definition) is 1. The standard InChI is InChI=1S/C4H3BrClN3/c5-4-2(7)1-3(6)8-9-4/h1H,(H2,7,8). The summed E-state index contributed by atoms with van der Waals surface area (Å²) in [4.78, 5) is 0. The monoisotopic (exact) mass is 207 g/mol. The number of rotatable bonds is 0. The Labute approximate surface area is 65.3 Å². The van der Waals surface area contributed by atoms with Gasteiger partial charge >= 0.3 is 0 Å². The number of anilines is 1. The van der Waals surface area contributed by atoms with Gasteiger partial charge in [-0.2, -0.15) is 0 Å². The van der Waals surface area contributed by atoms with Crippen molar-refractivity contribution >= 4 is 33.2 Å². The number of nitrogen functional groups attached to an aromatic ring is 1. The topological polar surface area (TPSA) is 51.8 Å². The lowest BCUT2D eigenvalue weighted by atomic mass is 10.5. The SMILES string of the molecule is Nc1cc(Cl)nnc1Br. The summed E-state index contributed by atoms with van der Waals surface area (Å²) in [5.74, 6) is 0. The minimum atomic E-state index is 0.302. The zero-order valence-electron chi connectivity index (χ0n) is 4.31. The number of aromatic nitrogens is 2. The van der Waals surface area contributed by atoms with E-state index in [-0.39, 0.29) is 0 Å². The molecular weight excluding hydrogens is 205 g/mol. The molecular formula is C4H3BrClN3. The molecule has 0 radical (unpaired) electrons. The van der Waals surface area contributed by atoms with Crippen LogP contribution in [0, 0.1) is 0 Å². The lowest BCUT2D eigenvalue weighted by Gasteiger charge is -1.92. The summed E-state index contributed by atoms with van der Waals surface area (Å²) < 4.78 is 0.520. The zero-order valence-corrected chi connectivity index (χ0v) is 6.65. The summed E-state index contributed by atoms with van der Waals surface area (Å²) in [5.41, 5.74) is 5.88. The maximum Gasteiger partial charge on any atom is 0.153 e. The second-order valence-electron chi connectivity index (χ2n) is 1.41. The van der Waals surface area contributed by atoms with E-state index in [0.717, 1.165) is 0 Å². The van der Waals surface area contributed by atoms with Gasteiger partial charge in [0.25, 0.3) is 0 Å². The Kier molecular flexibility index (Phi) is 1.87. The van der Waals surface area contributed by atoms with E-state index < -0.39 is 0 Å². The molecule has 2 N–H and O–H groups in total. The van der Waals surface area contributed by atoms with Gasteiger partial charge in [-0.05, 0) is 15.9 Å². The first-order valence-corrected chi connectivity index (χ1v) is 3.31. The van der Waals surface area contributed by atoms with Gasteiger partial charge in [-0.3, -0.25) is 0 Å². The first kappa shape index (κ1) is 6.77. The van der Waals surface area contributed by atoms with Gasteiger partial charge in [-0.1, -0.05) is 11.6 Å². The van der Waals surface area contributed by atoms with Crippen LogP contribution in [0.25, 0.3) is 0 Å². The predicted octanol–water partition coefficient (Wildman–Crippen LogP) is 1.47. The number of nitrogens with zero attached hydrogens (tertiary/aromatic N) is 2. The molecule has 1 rings (SSSR count). The molecule has 1 aromatic rings. The average Bonchev–Trinajstić information content (AvgIpc) is 1.80. The molecule has 0 amide bonds. The highest BCUT2D eigenvalue weighted by Gasteiger charge is 1.96. The molecule has 0 bridgehead atoms. The minimum Gasteiger partial charge on any atom is -0.396 e. The van der Waals surface area contributed by atoms with Gasteiger partial charge < -0.3 is 5.73 Å². The highest BCUT2D eigenvalue weighted by atomic mass is 79.9. The fourth-order valence-electron chi connectivity index (χ4n) is 0.366. The molecule has 0 saturated heterocycles. The van der Waals surface area contributed by atoms with E-state index in [2.05, 4.69) is 26.1 Å². The molecule has 5 heteroatoms. The Morgan fingerprint density at radius 1 is 1.56 bits per heavy atom. The van der Waals surface area contributed by atoms with E-state index in [9.17, 15) is 0 Å². The van der Waals surface area contributed by atoms with Crippen LogP contribution in [0.4, 0.5) is 5.69 Å². The van der Waals surface area contributed by atoms with Gasteiger partial charge in [0.1, 0.15) is 0 Å². The maximum atomic E-state index is 5.44. The Hall–Kier alpha value is -0.350. The first-order valence-electron chi connectivity index (χ1n) is 2.14. The molecule has 0 unspecified atom stereocenters. The molecule has 0 aliphatic heterocycles. The Bertz CT molecular complexity index is 227. The Balaban J connectivity index is 3.17. The molecule has 0 fully saturated rings. The van der Waals surface area contributed by atoms with Crippen molar-refractivity contribution in [3.05, 3.63) is 15.8 Å². The fourth-order valence-corrected chi connectivity index (χ4v) is 0.715. The van der Waals surface area contributed by atoms with Gasteiger partial charge in [-0.15, -0.1) is 10.2 Å². The summed E-state index contributed by atoms with van der Waals surface area (Å²) in [5, 5.41) is 7.42. The summed E-state index contributed by atoms with van der Waals surface area (Å²) >= 11 is 8.51. The van der Waals surface area contributed by atoms with Crippen LogP contribution in [0.3, 0.4) is 0 Å². The van der Waals surface area contributed by atoms with Gasteiger partial charge in [0.05, 0.1) is 5.69 Å². The van der Waals surface area contributed by atoms with Crippen LogP contribution in [-0.4, -0.2) is 10.2 Å². The molecule has 3 nitrogen and oxygen atoms in total. The van der Waals surface area contributed by atoms with Crippen molar-refractivity contribution < 1.29 is 0 Å². The summed E-state index contributed by atoms with van der Waals surface area (Å²) in [6.07, 6.45) is 0. The first-order chi connectivity index (χ1) is 4.20. The second-order valence-corrected chi connectivity index (χ2v) is 2.55. The Morgan fingerprint density at radius 3 is 2.67 bits per heavy atom. The lowest BCUT2D eigenvalue weighted by Crippen LogP contribution is -1.91. The third-order valence-electron chi connectivity index (χ3n) is 0.746. The van der Waals surface area contributed by atoms with Crippen LogP contribution in [0.2, 0.25) is 5.15 Å². The second kappa shape index (κ2) is 2.49. The predicted molar refractivity (Wildman–Crippen MR) is 39.2 cm³/mol. The third-order valence-corrected chi connectivity index (χ3v) is 1.55. The highest BCUT2D eigenvalue weighted by Crippen LogP contribution is 2.16. The van der Waals surface area contributed by atoms with Crippen LogP contribution in [0.15, 0.2) is 10.7 Å². The van der Waals surface area contributed by atoms with Crippen molar-refractivity contribution in [2.75, 3.05) is 5.73 Å². The fraction of sp³-hybridized carbons (Fsp3) is 0. The third kappa shape index (κ3) is 1.53. The summed E-state index contributed by atoms with van der Waals surface area (Å²) in [6, 6.07) is 1.53. The molecule has 48 valence electrons. The van der Waals surface area contributed by atoms with Crippen LogP contribution in [0.5, 0.6) is 0 Å². The Morgan fingerprint density at radius 2 is 2.22 bits per heavy atom. The molecule has 9 heavy (non-hydrogen) atoms. The smallest absolute Gasteiger partial charge is 0.153 e. The van der Waals surface area contributed by atoms with Gasteiger partial charge in [0.15, 0.2) is 9.76 Å². The van der Waals surface area contributed by atoms with Crippen LogP contribution >= 0.6 is 27.5 Å². The largest absolute Gasteiger partial charge is 0.396 e. The van der Waals surface area contributed by atoms with E-state index in [1.165, 1.54) is 6.07 Å². The van der Waals surface area contributed by atoms with Crippen molar-refractivity contribution in [1.29, 1.82) is 0 Å². The van der Waals surface area contributed by atoms with Crippen molar-refractivity contribution in [3.8, 4) is 0 Å².